The molecule has 0 atom stereocenters. The molecule has 0 amide bonds. The summed E-state index contributed by atoms with van der Waals surface area (Å²) in [6.45, 7) is 0. The molecular formula is C14H12BrNO4S. The third-order valence-electron chi connectivity index (χ3n) is 2.68. The van der Waals surface area contributed by atoms with Gasteiger partial charge in [0.2, 0.25) is 0 Å². The number of ether oxygens (including phenoxy) is 1. The summed E-state index contributed by atoms with van der Waals surface area (Å²) in [7, 11) is -2.68. The van der Waals surface area contributed by atoms with Gasteiger partial charge < -0.3 is 4.74 Å². The Morgan fingerprint density at radius 2 is 1.71 bits per heavy atom. The zero-order valence-corrected chi connectivity index (χ0v) is 13.4. The highest BCUT2D eigenvalue weighted by Crippen LogP contribution is 2.21. The summed E-state index contributed by atoms with van der Waals surface area (Å²) in [4.78, 5) is 11.5. The van der Waals surface area contributed by atoms with E-state index < -0.39 is 16.0 Å². The number of rotatable bonds is 4. The number of hydrogen-bond donors (Lipinski definition) is 1. The van der Waals surface area contributed by atoms with Crippen LogP contribution in [-0.4, -0.2) is 21.5 Å². The van der Waals surface area contributed by atoms with Gasteiger partial charge in [0.25, 0.3) is 10.0 Å². The van der Waals surface area contributed by atoms with E-state index in [1.54, 1.807) is 36.4 Å². The summed E-state index contributed by atoms with van der Waals surface area (Å²) in [5, 5.41) is 0. The molecule has 0 fully saturated rings. The molecule has 0 aliphatic heterocycles. The Hall–Kier alpha value is -1.86. The summed E-state index contributed by atoms with van der Waals surface area (Å²) in [5.41, 5.74) is 0.391. The van der Waals surface area contributed by atoms with Gasteiger partial charge in [-0.05, 0) is 36.4 Å². The van der Waals surface area contributed by atoms with Gasteiger partial charge in [0.15, 0.2) is 0 Å². The largest absolute Gasteiger partial charge is 0.465 e. The third kappa shape index (κ3) is 3.62. The minimum atomic E-state index is -3.88. The number of benzene rings is 2. The van der Waals surface area contributed by atoms with E-state index in [1.807, 2.05) is 0 Å². The highest BCUT2D eigenvalue weighted by molar-refractivity contribution is 9.10. The Morgan fingerprint density at radius 3 is 2.33 bits per heavy atom. The van der Waals surface area contributed by atoms with Crippen LogP contribution in [0.4, 0.5) is 5.69 Å². The average Bonchev–Trinajstić information content (AvgIpc) is 2.48. The topological polar surface area (TPSA) is 72.5 Å². The van der Waals surface area contributed by atoms with Crippen LogP contribution >= 0.6 is 15.9 Å². The molecule has 5 nitrogen and oxygen atoms in total. The van der Waals surface area contributed by atoms with Gasteiger partial charge in [-0.3, -0.25) is 4.72 Å². The molecule has 0 bridgehead atoms. The van der Waals surface area contributed by atoms with Gasteiger partial charge in [-0.2, -0.15) is 0 Å². The predicted molar refractivity (Wildman–Crippen MR) is 82.7 cm³/mol. The maximum atomic E-state index is 12.4. The second-order valence-corrected chi connectivity index (χ2v) is 6.67. The lowest BCUT2D eigenvalue weighted by Crippen LogP contribution is -2.17. The van der Waals surface area contributed by atoms with Crippen LogP contribution in [0.3, 0.4) is 0 Å². The molecule has 0 unspecified atom stereocenters. The van der Waals surface area contributed by atoms with Crippen molar-refractivity contribution in [2.24, 2.45) is 0 Å². The Morgan fingerprint density at radius 1 is 1.10 bits per heavy atom. The van der Waals surface area contributed by atoms with Gasteiger partial charge in [-0.15, -0.1) is 0 Å². The first-order chi connectivity index (χ1) is 9.94. The molecule has 110 valence electrons. The highest BCUT2D eigenvalue weighted by atomic mass is 79.9. The molecule has 0 radical (unpaired) electrons. The van der Waals surface area contributed by atoms with Crippen LogP contribution in [0.1, 0.15) is 10.4 Å². The van der Waals surface area contributed by atoms with Gasteiger partial charge in [-0.25, -0.2) is 13.2 Å². The second-order valence-electron chi connectivity index (χ2n) is 4.10. The molecule has 1 N–H and O–H groups in total. The van der Waals surface area contributed by atoms with Gasteiger partial charge in [0.05, 0.1) is 12.7 Å². The van der Waals surface area contributed by atoms with Crippen LogP contribution in [0.15, 0.2) is 57.9 Å². The fourth-order valence-corrected chi connectivity index (χ4v) is 3.23. The fourth-order valence-electron chi connectivity index (χ4n) is 1.71. The molecule has 0 aliphatic carbocycles. The Kier molecular flexibility index (Phi) is 4.64. The van der Waals surface area contributed by atoms with E-state index in [9.17, 15) is 13.2 Å². The quantitative estimate of drug-likeness (QED) is 0.840. The number of halogens is 1. The van der Waals surface area contributed by atoms with E-state index in [0.717, 1.165) is 4.47 Å². The van der Waals surface area contributed by atoms with Crippen molar-refractivity contribution in [2.45, 2.75) is 4.90 Å². The maximum absolute atomic E-state index is 12.4. The molecule has 2 rings (SSSR count). The lowest BCUT2D eigenvalue weighted by Gasteiger charge is -2.11. The average molecular weight is 370 g/mol. The van der Waals surface area contributed by atoms with E-state index in [0.29, 0.717) is 5.69 Å². The lowest BCUT2D eigenvalue weighted by atomic mass is 10.2. The summed E-state index contributed by atoms with van der Waals surface area (Å²) in [5.74, 6) is -0.702. The van der Waals surface area contributed by atoms with Crippen LogP contribution in [-0.2, 0) is 14.8 Å². The van der Waals surface area contributed by atoms with Crippen molar-refractivity contribution in [2.75, 3.05) is 11.8 Å². The van der Waals surface area contributed by atoms with E-state index in [1.165, 1.54) is 19.2 Å². The van der Waals surface area contributed by atoms with E-state index >= 15 is 0 Å². The van der Waals surface area contributed by atoms with Crippen molar-refractivity contribution in [3.63, 3.8) is 0 Å². The first-order valence-electron chi connectivity index (χ1n) is 5.90. The van der Waals surface area contributed by atoms with Crippen molar-refractivity contribution in [3.8, 4) is 0 Å². The number of hydrogen-bond acceptors (Lipinski definition) is 4. The summed E-state index contributed by atoms with van der Waals surface area (Å²) in [6.07, 6.45) is 0. The van der Waals surface area contributed by atoms with E-state index in [2.05, 4.69) is 25.4 Å². The molecule has 21 heavy (non-hydrogen) atoms. The number of esters is 1. The smallest absolute Gasteiger partial charge is 0.339 e. The molecule has 0 spiro atoms. The van der Waals surface area contributed by atoms with Crippen molar-refractivity contribution < 1.29 is 17.9 Å². The van der Waals surface area contributed by atoms with Crippen LogP contribution < -0.4 is 4.72 Å². The monoisotopic (exact) mass is 369 g/mol. The van der Waals surface area contributed by atoms with Crippen molar-refractivity contribution in [1.82, 2.24) is 0 Å². The summed E-state index contributed by atoms with van der Waals surface area (Å²) < 4.78 is 32.7. The molecule has 0 aromatic heterocycles. The SMILES string of the molecule is COC(=O)c1ccccc1S(=O)(=O)Nc1ccc(Br)cc1. The van der Waals surface area contributed by atoms with Crippen molar-refractivity contribution in [1.29, 1.82) is 0 Å². The molecule has 0 heterocycles. The molecule has 2 aromatic carbocycles. The van der Waals surface area contributed by atoms with Crippen molar-refractivity contribution in [3.05, 3.63) is 58.6 Å². The minimum Gasteiger partial charge on any atom is -0.465 e. The number of carbonyl (C=O) groups excluding carboxylic acids is 1. The second kappa shape index (κ2) is 6.28. The normalized spacial score (nSPS) is 11.0. The lowest BCUT2D eigenvalue weighted by molar-refractivity contribution is 0.0596. The van der Waals surface area contributed by atoms with Crippen LogP contribution in [0.5, 0.6) is 0 Å². The molecular weight excluding hydrogens is 358 g/mol. The van der Waals surface area contributed by atoms with Gasteiger partial charge >= 0.3 is 5.97 Å². The first-order valence-corrected chi connectivity index (χ1v) is 8.17. The third-order valence-corrected chi connectivity index (χ3v) is 4.65. The number of anilines is 1. The fraction of sp³-hybridized carbons (Fsp3) is 0.0714. The molecule has 0 saturated heterocycles. The molecule has 0 saturated carbocycles. The highest BCUT2D eigenvalue weighted by Gasteiger charge is 2.22. The Labute approximate surface area is 131 Å². The first kappa shape index (κ1) is 15.5. The van der Waals surface area contributed by atoms with E-state index in [4.69, 9.17) is 0 Å². The Balaban J connectivity index is 2.40. The summed E-state index contributed by atoms with van der Waals surface area (Å²) in [6, 6.07) is 12.5. The molecule has 7 heteroatoms. The number of carbonyl (C=O) groups is 1. The van der Waals surface area contributed by atoms with Gasteiger partial charge in [0, 0.05) is 10.2 Å². The number of nitrogens with one attached hydrogen (secondary N) is 1. The Bertz CT molecular complexity index is 757. The van der Waals surface area contributed by atoms with Gasteiger partial charge in [-0.1, -0.05) is 28.1 Å². The minimum absolute atomic E-state index is 0.00962. The molecule has 2 aromatic rings. The number of methoxy groups -OCH3 is 1. The van der Waals surface area contributed by atoms with Crippen molar-refractivity contribution >= 4 is 37.6 Å². The van der Waals surface area contributed by atoms with Crippen LogP contribution in [0.2, 0.25) is 0 Å². The van der Waals surface area contributed by atoms with Gasteiger partial charge in [0.1, 0.15) is 4.90 Å². The molecule has 0 aliphatic rings. The zero-order valence-electron chi connectivity index (χ0n) is 11.0. The van der Waals surface area contributed by atoms with Crippen LogP contribution in [0.25, 0.3) is 0 Å². The maximum Gasteiger partial charge on any atom is 0.339 e. The van der Waals surface area contributed by atoms with Crippen LogP contribution in [0, 0.1) is 0 Å². The zero-order chi connectivity index (χ0) is 15.5. The standard InChI is InChI=1S/C14H12BrNO4S/c1-20-14(17)12-4-2-3-5-13(12)21(18,19)16-11-8-6-10(15)7-9-11/h2-9,16H,1H3. The predicted octanol–water partition coefficient (Wildman–Crippen LogP) is 3.04. The summed E-state index contributed by atoms with van der Waals surface area (Å²) >= 11 is 3.27. The number of sulfonamides is 1. The van der Waals surface area contributed by atoms with E-state index in [-0.39, 0.29) is 10.5 Å².